The molecular formula is C22H29N3O2. The molecule has 2 aromatic rings. The highest BCUT2D eigenvalue weighted by molar-refractivity contribution is 6.05. The number of aromatic nitrogens is 2. The Morgan fingerprint density at radius 1 is 1.26 bits per heavy atom. The highest BCUT2D eigenvalue weighted by atomic mass is 16.5. The first-order valence-corrected chi connectivity index (χ1v) is 9.62. The Morgan fingerprint density at radius 3 is 2.59 bits per heavy atom. The number of esters is 1. The van der Waals surface area contributed by atoms with Crippen LogP contribution in [-0.4, -0.2) is 28.1 Å². The molecule has 0 bridgehead atoms. The molecule has 144 valence electrons. The van der Waals surface area contributed by atoms with Crippen molar-refractivity contribution in [1.29, 1.82) is 0 Å². The number of fused-ring (bicyclic) bond motifs is 1. The summed E-state index contributed by atoms with van der Waals surface area (Å²) in [7, 11) is 1.92. The van der Waals surface area contributed by atoms with Crippen molar-refractivity contribution < 1.29 is 9.53 Å². The van der Waals surface area contributed by atoms with E-state index in [-0.39, 0.29) is 17.8 Å². The lowest BCUT2D eigenvalue weighted by Crippen LogP contribution is -2.34. The van der Waals surface area contributed by atoms with Gasteiger partial charge >= 0.3 is 5.97 Å². The Hall–Kier alpha value is -2.43. The molecule has 0 saturated heterocycles. The van der Waals surface area contributed by atoms with Gasteiger partial charge in [-0.15, -0.1) is 0 Å². The first-order chi connectivity index (χ1) is 12.8. The predicted molar refractivity (Wildman–Crippen MR) is 108 cm³/mol. The number of benzene rings is 1. The molecule has 0 amide bonds. The number of carbonyl (C=O) groups excluding carboxylic acids is 1. The number of nitrogens with zero attached hydrogens (tertiary/aromatic N) is 3. The maximum atomic E-state index is 13.0. The molecule has 0 N–H and O–H groups in total. The normalized spacial score (nSPS) is 19.0. The molecule has 2 heterocycles. The summed E-state index contributed by atoms with van der Waals surface area (Å²) in [4.78, 5) is 17.7. The standard InChI is InChI=1S/C22H29N3O2/c1-8-27-22(26)17-15(6)23-21-19(20(12(2)3)24-25(21)7)18(17)16-11-13(4)9-10-14(16)5/h9-12,17-18H,8H2,1-7H3. The second-order valence-electron chi connectivity index (χ2n) is 7.72. The van der Waals surface area contributed by atoms with Crippen LogP contribution in [0, 0.1) is 19.8 Å². The van der Waals surface area contributed by atoms with E-state index in [1.54, 1.807) is 0 Å². The summed E-state index contributed by atoms with van der Waals surface area (Å²) < 4.78 is 7.29. The molecule has 1 aliphatic heterocycles. The Bertz CT molecular complexity index is 909. The third kappa shape index (κ3) is 3.31. The molecular weight excluding hydrogens is 338 g/mol. The maximum absolute atomic E-state index is 13.0. The fourth-order valence-electron chi connectivity index (χ4n) is 4.02. The number of rotatable bonds is 4. The van der Waals surface area contributed by atoms with E-state index in [9.17, 15) is 4.79 Å². The summed E-state index contributed by atoms with van der Waals surface area (Å²) in [5, 5.41) is 4.75. The van der Waals surface area contributed by atoms with E-state index >= 15 is 0 Å². The van der Waals surface area contributed by atoms with Gasteiger partial charge in [-0.25, -0.2) is 4.99 Å². The van der Waals surface area contributed by atoms with Gasteiger partial charge in [-0.1, -0.05) is 37.6 Å². The molecule has 2 unspecified atom stereocenters. The minimum Gasteiger partial charge on any atom is -0.465 e. The Kier molecular flexibility index (Phi) is 5.22. The lowest BCUT2D eigenvalue weighted by molar-refractivity contribution is -0.146. The highest BCUT2D eigenvalue weighted by Crippen LogP contribution is 2.47. The lowest BCUT2D eigenvalue weighted by Gasteiger charge is -2.31. The van der Waals surface area contributed by atoms with Crippen LogP contribution in [-0.2, 0) is 16.6 Å². The molecule has 0 saturated carbocycles. The topological polar surface area (TPSA) is 56.5 Å². The van der Waals surface area contributed by atoms with Crippen LogP contribution in [0.2, 0.25) is 0 Å². The minimum atomic E-state index is -0.431. The van der Waals surface area contributed by atoms with Crippen molar-refractivity contribution in [3.63, 3.8) is 0 Å². The van der Waals surface area contributed by atoms with Crippen LogP contribution < -0.4 is 0 Å². The van der Waals surface area contributed by atoms with E-state index in [1.165, 1.54) is 11.1 Å². The van der Waals surface area contributed by atoms with Gasteiger partial charge in [-0.3, -0.25) is 9.48 Å². The third-order valence-corrected chi connectivity index (χ3v) is 5.32. The summed E-state index contributed by atoms with van der Waals surface area (Å²) in [5.74, 6) is 0.308. The summed E-state index contributed by atoms with van der Waals surface area (Å²) in [6.07, 6.45) is 0. The van der Waals surface area contributed by atoms with Crippen LogP contribution >= 0.6 is 0 Å². The molecule has 27 heavy (non-hydrogen) atoms. The van der Waals surface area contributed by atoms with Gasteiger partial charge < -0.3 is 4.74 Å². The summed E-state index contributed by atoms with van der Waals surface area (Å²) in [5.41, 5.74) is 6.34. The van der Waals surface area contributed by atoms with Crippen LogP contribution in [0.25, 0.3) is 0 Å². The molecule has 1 aromatic carbocycles. The molecule has 2 atom stereocenters. The van der Waals surface area contributed by atoms with Gasteiger partial charge in [0.15, 0.2) is 5.82 Å². The van der Waals surface area contributed by atoms with Crippen molar-refractivity contribution in [1.82, 2.24) is 9.78 Å². The summed E-state index contributed by atoms with van der Waals surface area (Å²) in [6.45, 7) is 12.6. The number of aryl methyl sites for hydroxylation is 3. The van der Waals surface area contributed by atoms with Gasteiger partial charge in [0.05, 0.1) is 12.3 Å². The predicted octanol–water partition coefficient (Wildman–Crippen LogP) is 4.58. The van der Waals surface area contributed by atoms with E-state index in [4.69, 9.17) is 14.8 Å². The fraction of sp³-hybridized carbons (Fsp3) is 0.500. The molecule has 0 fully saturated rings. The zero-order valence-corrected chi connectivity index (χ0v) is 17.3. The Balaban J connectivity index is 2.32. The smallest absolute Gasteiger partial charge is 0.315 e. The zero-order chi connectivity index (χ0) is 19.9. The largest absolute Gasteiger partial charge is 0.465 e. The van der Waals surface area contributed by atoms with Crippen molar-refractivity contribution >= 4 is 17.5 Å². The van der Waals surface area contributed by atoms with Crippen LogP contribution in [0.1, 0.15) is 67.5 Å². The molecule has 1 aliphatic rings. The van der Waals surface area contributed by atoms with E-state index in [2.05, 4.69) is 45.9 Å². The fourth-order valence-corrected chi connectivity index (χ4v) is 4.02. The van der Waals surface area contributed by atoms with Crippen molar-refractivity contribution in [2.75, 3.05) is 6.61 Å². The van der Waals surface area contributed by atoms with Crippen LogP contribution in [0.4, 0.5) is 5.82 Å². The van der Waals surface area contributed by atoms with Crippen LogP contribution in [0.15, 0.2) is 23.2 Å². The monoisotopic (exact) mass is 367 g/mol. The number of carbonyl (C=O) groups is 1. The molecule has 0 aliphatic carbocycles. The van der Waals surface area contributed by atoms with E-state index in [0.717, 1.165) is 28.4 Å². The molecule has 1 aromatic heterocycles. The van der Waals surface area contributed by atoms with Gasteiger partial charge in [0.1, 0.15) is 5.92 Å². The quantitative estimate of drug-likeness (QED) is 0.743. The summed E-state index contributed by atoms with van der Waals surface area (Å²) in [6, 6.07) is 6.42. The second kappa shape index (κ2) is 7.29. The van der Waals surface area contributed by atoms with Crippen molar-refractivity contribution in [2.24, 2.45) is 18.0 Å². The van der Waals surface area contributed by atoms with Crippen molar-refractivity contribution in [3.8, 4) is 0 Å². The average Bonchev–Trinajstić information content (AvgIpc) is 2.93. The zero-order valence-electron chi connectivity index (χ0n) is 17.3. The molecule has 0 radical (unpaired) electrons. The first kappa shape index (κ1) is 19.3. The third-order valence-electron chi connectivity index (χ3n) is 5.32. The van der Waals surface area contributed by atoms with Gasteiger partial charge in [-0.2, -0.15) is 5.10 Å². The van der Waals surface area contributed by atoms with Gasteiger partial charge in [0.25, 0.3) is 0 Å². The van der Waals surface area contributed by atoms with E-state index in [0.29, 0.717) is 6.61 Å². The van der Waals surface area contributed by atoms with E-state index < -0.39 is 5.92 Å². The van der Waals surface area contributed by atoms with Gasteiger partial charge in [0.2, 0.25) is 0 Å². The van der Waals surface area contributed by atoms with Crippen LogP contribution in [0.5, 0.6) is 0 Å². The summed E-state index contributed by atoms with van der Waals surface area (Å²) >= 11 is 0. The minimum absolute atomic E-state index is 0.137. The molecule has 5 heteroatoms. The maximum Gasteiger partial charge on any atom is 0.315 e. The molecule has 5 nitrogen and oxygen atoms in total. The number of hydrogen-bond donors (Lipinski definition) is 0. The van der Waals surface area contributed by atoms with Crippen molar-refractivity contribution in [2.45, 2.75) is 53.4 Å². The average molecular weight is 367 g/mol. The Morgan fingerprint density at radius 2 is 1.96 bits per heavy atom. The van der Waals surface area contributed by atoms with Crippen molar-refractivity contribution in [3.05, 3.63) is 46.1 Å². The molecule has 3 rings (SSSR count). The van der Waals surface area contributed by atoms with Gasteiger partial charge in [0, 0.05) is 24.2 Å². The highest BCUT2D eigenvalue weighted by Gasteiger charge is 2.42. The SMILES string of the molecule is CCOC(=O)C1C(C)=Nc2c(c(C(C)C)nn2C)C1c1cc(C)ccc1C. The van der Waals surface area contributed by atoms with Gasteiger partial charge in [-0.05, 0) is 44.7 Å². The Labute approximate surface area is 161 Å². The first-order valence-electron chi connectivity index (χ1n) is 9.62. The number of aliphatic imine (C=N–C) groups is 1. The number of ether oxygens (including phenoxy) is 1. The molecule has 0 spiro atoms. The van der Waals surface area contributed by atoms with Crippen LogP contribution in [0.3, 0.4) is 0 Å². The van der Waals surface area contributed by atoms with E-state index in [1.807, 2.05) is 25.6 Å². The lowest BCUT2D eigenvalue weighted by atomic mass is 9.74. The second-order valence-corrected chi connectivity index (χ2v) is 7.72. The number of hydrogen-bond acceptors (Lipinski definition) is 4.